The molecule has 0 aliphatic heterocycles. The van der Waals surface area contributed by atoms with Crippen LogP contribution < -0.4 is 4.18 Å². The molecule has 17 heavy (non-hydrogen) atoms. The van der Waals surface area contributed by atoms with Gasteiger partial charge in [0.2, 0.25) is 0 Å². The normalized spacial score (nSPS) is 13.3. The molecule has 0 aromatic heterocycles. The van der Waals surface area contributed by atoms with Gasteiger partial charge in [-0.1, -0.05) is 13.0 Å². The molecular formula is C11H16O4S2. The molecule has 1 aromatic carbocycles. The molecule has 1 rings (SSSR count). The largest absolute Gasteiger partial charge is 0.382 e. The van der Waals surface area contributed by atoms with Crippen LogP contribution in [-0.2, 0) is 20.9 Å². The fourth-order valence-corrected chi connectivity index (χ4v) is 2.78. The summed E-state index contributed by atoms with van der Waals surface area (Å²) in [6.45, 7) is 3.45. The predicted octanol–water partition coefficient (Wildman–Crippen LogP) is 1.93. The third kappa shape index (κ3) is 4.47. The lowest BCUT2D eigenvalue weighted by Gasteiger charge is -2.06. The van der Waals surface area contributed by atoms with Gasteiger partial charge in [0.15, 0.2) is 0 Å². The Morgan fingerprint density at radius 3 is 2.59 bits per heavy atom. The molecule has 0 radical (unpaired) electrons. The molecule has 0 spiro atoms. The number of benzene rings is 1. The van der Waals surface area contributed by atoms with Crippen LogP contribution in [0.2, 0.25) is 0 Å². The van der Waals surface area contributed by atoms with Crippen molar-refractivity contribution in [3.05, 3.63) is 24.3 Å². The van der Waals surface area contributed by atoms with Crippen LogP contribution in [0.15, 0.2) is 29.2 Å². The van der Waals surface area contributed by atoms with E-state index in [9.17, 15) is 12.6 Å². The molecule has 1 atom stereocenters. The number of hydrogen-bond acceptors (Lipinski definition) is 4. The van der Waals surface area contributed by atoms with Crippen LogP contribution in [0.3, 0.4) is 0 Å². The van der Waals surface area contributed by atoms with Gasteiger partial charge < -0.3 is 4.18 Å². The van der Waals surface area contributed by atoms with Gasteiger partial charge in [0, 0.05) is 10.6 Å². The summed E-state index contributed by atoms with van der Waals surface area (Å²) in [5.41, 5.74) is 0. The van der Waals surface area contributed by atoms with Gasteiger partial charge >= 0.3 is 10.1 Å². The molecule has 0 aliphatic carbocycles. The Labute approximate surface area is 105 Å². The highest BCUT2D eigenvalue weighted by atomic mass is 32.2. The van der Waals surface area contributed by atoms with Gasteiger partial charge in [0.1, 0.15) is 5.75 Å². The summed E-state index contributed by atoms with van der Waals surface area (Å²) in [7, 11) is -4.63. The molecule has 1 unspecified atom stereocenters. The van der Waals surface area contributed by atoms with Crippen molar-refractivity contribution in [3.8, 4) is 5.75 Å². The molecule has 0 saturated heterocycles. The van der Waals surface area contributed by atoms with Crippen LogP contribution >= 0.6 is 0 Å². The Bertz CT molecular complexity index is 494. The second-order valence-electron chi connectivity index (χ2n) is 3.45. The van der Waals surface area contributed by atoms with E-state index < -0.39 is 20.9 Å². The predicted molar refractivity (Wildman–Crippen MR) is 68.1 cm³/mol. The van der Waals surface area contributed by atoms with Crippen LogP contribution in [0.1, 0.15) is 20.3 Å². The second kappa shape index (κ2) is 6.16. The fraction of sp³-hybridized carbons (Fsp3) is 0.455. The van der Waals surface area contributed by atoms with Crippen LogP contribution in [0, 0.1) is 0 Å². The maximum atomic E-state index is 11.7. The van der Waals surface area contributed by atoms with E-state index in [0.717, 1.165) is 6.42 Å². The highest BCUT2D eigenvalue weighted by molar-refractivity contribution is 7.87. The monoisotopic (exact) mass is 276 g/mol. The summed E-state index contributed by atoms with van der Waals surface area (Å²) in [6, 6.07) is 6.40. The van der Waals surface area contributed by atoms with E-state index in [0.29, 0.717) is 10.6 Å². The highest BCUT2D eigenvalue weighted by Gasteiger charge is 2.10. The van der Waals surface area contributed by atoms with Gasteiger partial charge in [-0.05, 0) is 31.5 Å². The number of hydrogen-bond donors (Lipinski definition) is 0. The molecule has 0 aliphatic rings. The maximum Gasteiger partial charge on any atom is 0.308 e. The standard InChI is InChI=1S/C11H16O4S2/c1-3-8-16(12)11-7-5-6-10(9-11)15-17(13,14)4-2/h5-7,9H,3-4,8H2,1-2H3. The van der Waals surface area contributed by atoms with Crippen molar-refractivity contribution in [2.45, 2.75) is 25.2 Å². The average molecular weight is 276 g/mol. The first-order chi connectivity index (χ1) is 7.98. The molecule has 4 nitrogen and oxygen atoms in total. The SMILES string of the molecule is CCCS(=O)c1cccc(OS(=O)(=O)CC)c1. The van der Waals surface area contributed by atoms with Gasteiger partial charge in [0.25, 0.3) is 0 Å². The van der Waals surface area contributed by atoms with Gasteiger partial charge in [-0.2, -0.15) is 8.42 Å². The topological polar surface area (TPSA) is 60.4 Å². The zero-order valence-corrected chi connectivity index (χ0v) is 11.5. The van der Waals surface area contributed by atoms with Crippen molar-refractivity contribution < 1.29 is 16.8 Å². The summed E-state index contributed by atoms with van der Waals surface area (Å²) < 4.78 is 39.2. The van der Waals surface area contributed by atoms with Crippen molar-refractivity contribution in [2.75, 3.05) is 11.5 Å². The Balaban J connectivity index is 2.90. The first-order valence-corrected chi connectivity index (χ1v) is 8.28. The Morgan fingerprint density at radius 2 is 2.00 bits per heavy atom. The van der Waals surface area contributed by atoms with Crippen molar-refractivity contribution in [2.24, 2.45) is 0 Å². The van der Waals surface area contributed by atoms with Crippen molar-refractivity contribution in [1.82, 2.24) is 0 Å². The van der Waals surface area contributed by atoms with Gasteiger partial charge in [0.05, 0.1) is 16.6 Å². The smallest absolute Gasteiger partial charge is 0.308 e. The molecule has 1 aromatic rings. The molecule has 6 heteroatoms. The van der Waals surface area contributed by atoms with E-state index in [2.05, 4.69) is 0 Å². The van der Waals surface area contributed by atoms with Gasteiger partial charge in [-0.3, -0.25) is 4.21 Å². The van der Waals surface area contributed by atoms with E-state index in [-0.39, 0.29) is 11.5 Å². The van der Waals surface area contributed by atoms with E-state index in [4.69, 9.17) is 4.18 Å². The van der Waals surface area contributed by atoms with E-state index in [1.165, 1.54) is 13.0 Å². The first kappa shape index (κ1) is 14.2. The fourth-order valence-electron chi connectivity index (χ4n) is 1.18. The average Bonchev–Trinajstić information content (AvgIpc) is 2.29. The Hall–Kier alpha value is -0.880. The van der Waals surface area contributed by atoms with Crippen molar-refractivity contribution in [3.63, 3.8) is 0 Å². The van der Waals surface area contributed by atoms with Crippen molar-refractivity contribution in [1.29, 1.82) is 0 Å². The molecular weight excluding hydrogens is 260 g/mol. The minimum Gasteiger partial charge on any atom is -0.382 e. The molecule has 0 N–H and O–H groups in total. The number of rotatable bonds is 6. The van der Waals surface area contributed by atoms with Gasteiger partial charge in [-0.15, -0.1) is 0 Å². The Morgan fingerprint density at radius 1 is 1.29 bits per heavy atom. The molecule has 0 heterocycles. The lowest BCUT2D eigenvalue weighted by atomic mass is 10.3. The van der Waals surface area contributed by atoms with E-state index in [1.54, 1.807) is 18.2 Å². The van der Waals surface area contributed by atoms with E-state index in [1.807, 2.05) is 6.92 Å². The third-order valence-corrected chi connectivity index (χ3v) is 4.75. The maximum absolute atomic E-state index is 11.7. The summed E-state index contributed by atoms with van der Waals surface area (Å²) >= 11 is 0. The van der Waals surface area contributed by atoms with Gasteiger partial charge in [-0.25, -0.2) is 0 Å². The minimum absolute atomic E-state index is 0.0880. The summed E-state index contributed by atoms with van der Waals surface area (Å²) in [6.07, 6.45) is 0.810. The van der Waals surface area contributed by atoms with Crippen LogP contribution in [0.5, 0.6) is 5.75 Å². The van der Waals surface area contributed by atoms with Crippen LogP contribution in [0.4, 0.5) is 0 Å². The Kier molecular flexibility index (Phi) is 5.14. The minimum atomic E-state index is -3.53. The lowest BCUT2D eigenvalue weighted by Crippen LogP contribution is -2.11. The molecule has 0 fully saturated rings. The summed E-state index contributed by atoms with van der Waals surface area (Å²) in [5, 5.41) is 0. The highest BCUT2D eigenvalue weighted by Crippen LogP contribution is 2.18. The molecule has 96 valence electrons. The first-order valence-electron chi connectivity index (χ1n) is 5.39. The zero-order valence-electron chi connectivity index (χ0n) is 9.88. The summed E-state index contributed by atoms with van der Waals surface area (Å²) in [4.78, 5) is 0.593. The second-order valence-corrected chi connectivity index (χ2v) is 6.88. The van der Waals surface area contributed by atoms with Crippen molar-refractivity contribution >= 4 is 20.9 Å². The lowest BCUT2D eigenvalue weighted by molar-refractivity contribution is 0.487. The van der Waals surface area contributed by atoms with E-state index >= 15 is 0 Å². The third-order valence-electron chi connectivity index (χ3n) is 2.03. The summed E-state index contributed by atoms with van der Waals surface area (Å²) in [5.74, 6) is 0.688. The molecule has 0 saturated carbocycles. The zero-order chi connectivity index (χ0) is 12.9. The van der Waals surface area contributed by atoms with Crippen LogP contribution in [0.25, 0.3) is 0 Å². The molecule has 0 amide bonds. The molecule has 0 bridgehead atoms. The quantitative estimate of drug-likeness (QED) is 0.745. The van der Waals surface area contributed by atoms with Crippen LogP contribution in [-0.4, -0.2) is 24.1 Å².